The molecule has 0 aliphatic carbocycles. The first-order chi connectivity index (χ1) is 7.85. The molecular formula is C13H23NO3. The molecule has 4 nitrogen and oxygen atoms in total. The van der Waals surface area contributed by atoms with Gasteiger partial charge in [0, 0.05) is 6.92 Å². The molecule has 0 fully saturated rings. The first kappa shape index (κ1) is 14.0. The summed E-state index contributed by atoms with van der Waals surface area (Å²) < 4.78 is 10.9. The largest absolute Gasteiger partial charge is 0.478 e. The van der Waals surface area contributed by atoms with Crippen molar-refractivity contribution in [2.24, 2.45) is 10.4 Å². The van der Waals surface area contributed by atoms with E-state index in [1.54, 1.807) is 0 Å². The van der Waals surface area contributed by atoms with Gasteiger partial charge in [-0.15, -0.1) is 0 Å². The topological polar surface area (TPSA) is 47.9 Å². The SMILES string of the molecule is CCC(CC)(COC(C)=O)C1=NC(C)(C)CO1. The van der Waals surface area contributed by atoms with E-state index < -0.39 is 0 Å². The maximum Gasteiger partial charge on any atom is 0.302 e. The van der Waals surface area contributed by atoms with Gasteiger partial charge >= 0.3 is 5.97 Å². The standard InChI is InChI=1S/C13H23NO3/c1-6-13(7-2,9-16-10(3)15)11-14-12(4,5)8-17-11/h6-9H2,1-5H3. The summed E-state index contributed by atoms with van der Waals surface area (Å²) >= 11 is 0. The number of rotatable bonds is 5. The monoisotopic (exact) mass is 241 g/mol. The summed E-state index contributed by atoms with van der Waals surface area (Å²) in [4.78, 5) is 15.6. The summed E-state index contributed by atoms with van der Waals surface area (Å²) in [6, 6.07) is 0. The van der Waals surface area contributed by atoms with Crippen LogP contribution in [0.25, 0.3) is 0 Å². The molecular weight excluding hydrogens is 218 g/mol. The molecule has 1 aliphatic heterocycles. The zero-order valence-corrected chi connectivity index (χ0v) is 11.5. The second-order valence-corrected chi connectivity index (χ2v) is 5.29. The van der Waals surface area contributed by atoms with Crippen LogP contribution in [0.5, 0.6) is 0 Å². The van der Waals surface area contributed by atoms with Crippen molar-refractivity contribution >= 4 is 11.9 Å². The summed E-state index contributed by atoms with van der Waals surface area (Å²) in [5.74, 6) is 0.489. The molecule has 0 aromatic heterocycles. The summed E-state index contributed by atoms with van der Waals surface area (Å²) in [5, 5.41) is 0. The third kappa shape index (κ3) is 3.20. The van der Waals surface area contributed by atoms with Crippen molar-refractivity contribution in [3.05, 3.63) is 0 Å². The summed E-state index contributed by atoms with van der Waals surface area (Å²) in [5.41, 5.74) is -0.430. The van der Waals surface area contributed by atoms with E-state index in [9.17, 15) is 4.79 Å². The Morgan fingerprint density at radius 2 is 2.06 bits per heavy atom. The molecule has 4 heteroatoms. The third-order valence-corrected chi connectivity index (χ3v) is 3.33. The van der Waals surface area contributed by atoms with Gasteiger partial charge in [0.2, 0.25) is 0 Å². The molecule has 0 radical (unpaired) electrons. The average Bonchev–Trinajstić information content (AvgIpc) is 2.61. The number of carbonyl (C=O) groups is 1. The lowest BCUT2D eigenvalue weighted by Gasteiger charge is -2.29. The minimum Gasteiger partial charge on any atom is -0.478 e. The van der Waals surface area contributed by atoms with Crippen molar-refractivity contribution in [1.82, 2.24) is 0 Å². The van der Waals surface area contributed by atoms with Gasteiger partial charge in [-0.3, -0.25) is 4.79 Å². The van der Waals surface area contributed by atoms with Crippen LogP contribution >= 0.6 is 0 Å². The van der Waals surface area contributed by atoms with Crippen LogP contribution in [0, 0.1) is 5.41 Å². The van der Waals surface area contributed by atoms with Gasteiger partial charge in [-0.25, -0.2) is 4.99 Å². The van der Waals surface area contributed by atoms with Gasteiger partial charge in [-0.2, -0.15) is 0 Å². The molecule has 0 amide bonds. The molecule has 0 aromatic carbocycles. The van der Waals surface area contributed by atoms with Crippen LogP contribution < -0.4 is 0 Å². The Labute approximate surface area is 103 Å². The number of carbonyl (C=O) groups excluding carboxylic acids is 1. The lowest BCUT2D eigenvalue weighted by atomic mass is 9.83. The van der Waals surface area contributed by atoms with Gasteiger partial charge in [-0.1, -0.05) is 13.8 Å². The number of hydrogen-bond acceptors (Lipinski definition) is 4. The van der Waals surface area contributed by atoms with E-state index in [0.29, 0.717) is 13.2 Å². The Hall–Kier alpha value is -1.06. The van der Waals surface area contributed by atoms with Gasteiger partial charge < -0.3 is 9.47 Å². The highest BCUT2D eigenvalue weighted by atomic mass is 16.5. The van der Waals surface area contributed by atoms with Crippen LogP contribution in [-0.2, 0) is 14.3 Å². The molecule has 0 unspecified atom stereocenters. The quantitative estimate of drug-likeness (QED) is 0.695. The van der Waals surface area contributed by atoms with Gasteiger partial charge in [0.25, 0.3) is 0 Å². The zero-order chi connectivity index (χ0) is 13.1. The van der Waals surface area contributed by atoms with Crippen molar-refractivity contribution in [3.63, 3.8) is 0 Å². The number of hydrogen-bond donors (Lipinski definition) is 0. The van der Waals surface area contributed by atoms with Gasteiger partial charge in [-0.05, 0) is 26.7 Å². The highest BCUT2D eigenvalue weighted by Crippen LogP contribution is 2.34. The number of esters is 1. The minimum absolute atomic E-state index is 0.166. The Kier molecular flexibility index (Phi) is 4.17. The molecule has 1 heterocycles. The van der Waals surface area contributed by atoms with Crippen LogP contribution in [0.15, 0.2) is 4.99 Å². The van der Waals surface area contributed by atoms with Crippen molar-refractivity contribution < 1.29 is 14.3 Å². The van der Waals surface area contributed by atoms with Gasteiger partial charge in [0.15, 0.2) is 5.90 Å². The molecule has 0 bridgehead atoms. The molecule has 98 valence electrons. The van der Waals surface area contributed by atoms with E-state index >= 15 is 0 Å². The highest BCUT2D eigenvalue weighted by Gasteiger charge is 2.41. The lowest BCUT2D eigenvalue weighted by Crippen LogP contribution is -2.36. The molecule has 0 aromatic rings. The average molecular weight is 241 g/mol. The summed E-state index contributed by atoms with van der Waals surface area (Å²) in [7, 11) is 0. The maximum absolute atomic E-state index is 11.0. The second kappa shape index (κ2) is 5.07. The van der Waals surface area contributed by atoms with Crippen LogP contribution in [0.1, 0.15) is 47.5 Å². The van der Waals surface area contributed by atoms with E-state index in [1.165, 1.54) is 6.92 Å². The second-order valence-electron chi connectivity index (χ2n) is 5.29. The minimum atomic E-state index is -0.264. The lowest BCUT2D eigenvalue weighted by molar-refractivity contribution is -0.143. The highest BCUT2D eigenvalue weighted by molar-refractivity contribution is 5.85. The number of aliphatic imine (C=N–C) groups is 1. The normalized spacial score (nSPS) is 18.5. The van der Waals surface area contributed by atoms with Crippen molar-refractivity contribution in [3.8, 4) is 0 Å². The Morgan fingerprint density at radius 3 is 2.41 bits per heavy atom. The molecule has 0 atom stereocenters. The molecule has 0 spiro atoms. The molecule has 17 heavy (non-hydrogen) atoms. The van der Waals surface area contributed by atoms with Gasteiger partial charge in [0.1, 0.15) is 13.2 Å². The zero-order valence-electron chi connectivity index (χ0n) is 11.5. The molecule has 0 saturated carbocycles. The third-order valence-electron chi connectivity index (χ3n) is 3.33. The van der Waals surface area contributed by atoms with Crippen LogP contribution in [0.3, 0.4) is 0 Å². The van der Waals surface area contributed by atoms with Crippen molar-refractivity contribution in [1.29, 1.82) is 0 Å². The Morgan fingerprint density at radius 1 is 1.47 bits per heavy atom. The fraction of sp³-hybridized carbons (Fsp3) is 0.846. The predicted octanol–water partition coefficient (Wildman–Crippen LogP) is 2.56. The molecule has 1 rings (SSSR count). The maximum atomic E-state index is 11.0. The van der Waals surface area contributed by atoms with Crippen LogP contribution in [0.2, 0.25) is 0 Å². The Balaban J connectivity index is 2.88. The van der Waals surface area contributed by atoms with E-state index in [2.05, 4.69) is 18.8 Å². The van der Waals surface area contributed by atoms with E-state index in [1.807, 2.05) is 13.8 Å². The molecule has 0 saturated heterocycles. The van der Waals surface area contributed by atoms with Crippen molar-refractivity contribution in [2.75, 3.05) is 13.2 Å². The molecule has 0 N–H and O–H groups in total. The van der Waals surface area contributed by atoms with Crippen molar-refractivity contribution in [2.45, 2.75) is 53.0 Å². The van der Waals surface area contributed by atoms with Crippen LogP contribution in [0.4, 0.5) is 0 Å². The first-order valence-electron chi connectivity index (χ1n) is 6.22. The van der Waals surface area contributed by atoms with Gasteiger partial charge in [0.05, 0.1) is 11.0 Å². The van der Waals surface area contributed by atoms with Crippen LogP contribution in [-0.4, -0.2) is 30.6 Å². The Bertz CT molecular complexity index is 317. The molecule has 1 aliphatic rings. The summed E-state index contributed by atoms with van der Waals surface area (Å²) in [6.45, 7) is 10.6. The number of nitrogens with zero attached hydrogens (tertiary/aromatic N) is 1. The number of ether oxygens (including phenoxy) is 2. The van der Waals surface area contributed by atoms with E-state index in [-0.39, 0.29) is 16.9 Å². The first-order valence-corrected chi connectivity index (χ1v) is 6.22. The smallest absolute Gasteiger partial charge is 0.302 e. The summed E-state index contributed by atoms with van der Waals surface area (Å²) in [6.07, 6.45) is 1.71. The van der Waals surface area contributed by atoms with E-state index in [0.717, 1.165) is 18.7 Å². The fourth-order valence-corrected chi connectivity index (χ4v) is 1.91. The fourth-order valence-electron chi connectivity index (χ4n) is 1.91. The van der Waals surface area contributed by atoms with E-state index in [4.69, 9.17) is 9.47 Å². The predicted molar refractivity (Wildman–Crippen MR) is 67.1 cm³/mol.